The number of aromatic nitrogens is 2. The highest BCUT2D eigenvalue weighted by Crippen LogP contribution is 2.24. The lowest BCUT2D eigenvalue weighted by Crippen LogP contribution is -2.04. The minimum Gasteiger partial charge on any atom is -0.497 e. The van der Waals surface area contributed by atoms with Gasteiger partial charge in [0.2, 0.25) is 0 Å². The minimum atomic E-state index is 0.826. The molecule has 5 heteroatoms. The maximum absolute atomic E-state index is 5.14. The SMILES string of the molecule is CCc1c(NC)ncnc1Nc1ccc(OC)cc1. The fraction of sp³-hybridized carbons (Fsp3) is 0.286. The van der Waals surface area contributed by atoms with Gasteiger partial charge in [0.1, 0.15) is 23.7 Å². The van der Waals surface area contributed by atoms with Crippen molar-refractivity contribution in [1.82, 2.24) is 9.97 Å². The van der Waals surface area contributed by atoms with E-state index in [1.54, 1.807) is 13.4 Å². The lowest BCUT2D eigenvalue weighted by atomic mass is 10.2. The van der Waals surface area contributed by atoms with E-state index in [2.05, 4.69) is 27.5 Å². The summed E-state index contributed by atoms with van der Waals surface area (Å²) >= 11 is 0. The molecule has 0 radical (unpaired) electrons. The first-order chi connectivity index (χ1) is 9.28. The maximum atomic E-state index is 5.14. The number of nitrogens with one attached hydrogen (secondary N) is 2. The molecular formula is C14H18N4O. The molecular weight excluding hydrogens is 240 g/mol. The predicted octanol–water partition coefficient (Wildman–Crippen LogP) is 2.83. The highest BCUT2D eigenvalue weighted by Gasteiger charge is 2.08. The van der Waals surface area contributed by atoms with E-state index in [0.29, 0.717) is 0 Å². The molecule has 0 spiro atoms. The number of ether oxygens (including phenoxy) is 1. The molecule has 1 heterocycles. The first-order valence-corrected chi connectivity index (χ1v) is 6.21. The Bertz CT molecular complexity index is 540. The van der Waals surface area contributed by atoms with E-state index in [1.807, 2.05) is 31.3 Å². The summed E-state index contributed by atoms with van der Waals surface area (Å²) in [5, 5.41) is 6.38. The van der Waals surface area contributed by atoms with Gasteiger partial charge in [0.25, 0.3) is 0 Å². The molecule has 0 amide bonds. The van der Waals surface area contributed by atoms with Crippen molar-refractivity contribution in [3.63, 3.8) is 0 Å². The summed E-state index contributed by atoms with van der Waals surface area (Å²) in [7, 11) is 3.51. The van der Waals surface area contributed by atoms with Crippen molar-refractivity contribution < 1.29 is 4.74 Å². The molecule has 0 unspecified atom stereocenters. The normalized spacial score (nSPS) is 10.1. The van der Waals surface area contributed by atoms with E-state index in [0.717, 1.165) is 35.1 Å². The second-order valence-corrected chi connectivity index (χ2v) is 4.01. The summed E-state index contributed by atoms with van der Waals surface area (Å²) in [6, 6.07) is 7.74. The zero-order valence-corrected chi connectivity index (χ0v) is 11.4. The first-order valence-electron chi connectivity index (χ1n) is 6.21. The third-order valence-corrected chi connectivity index (χ3v) is 2.89. The van der Waals surface area contributed by atoms with Crippen LogP contribution in [-0.4, -0.2) is 24.1 Å². The van der Waals surface area contributed by atoms with Crippen molar-refractivity contribution in [2.75, 3.05) is 24.8 Å². The topological polar surface area (TPSA) is 59.1 Å². The molecule has 0 bridgehead atoms. The van der Waals surface area contributed by atoms with Crippen LogP contribution in [0.3, 0.4) is 0 Å². The van der Waals surface area contributed by atoms with E-state index in [4.69, 9.17) is 4.74 Å². The number of benzene rings is 1. The molecule has 19 heavy (non-hydrogen) atoms. The van der Waals surface area contributed by atoms with Crippen LogP contribution in [0.5, 0.6) is 5.75 Å². The van der Waals surface area contributed by atoms with Crippen molar-refractivity contribution in [2.45, 2.75) is 13.3 Å². The third kappa shape index (κ3) is 2.93. The minimum absolute atomic E-state index is 0.826. The monoisotopic (exact) mass is 258 g/mol. The maximum Gasteiger partial charge on any atom is 0.139 e. The summed E-state index contributed by atoms with van der Waals surface area (Å²) in [5.74, 6) is 2.51. The number of anilines is 3. The van der Waals surface area contributed by atoms with Crippen molar-refractivity contribution in [3.8, 4) is 5.75 Å². The molecule has 0 aliphatic heterocycles. The zero-order valence-electron chi connectivity index (χ0n) is 11.4. The van der Waals surface area contributed by atoms with E-state index < -0.39 is 0 Å². The Kier molecular flexibility index (Phi) is 4.18. The second-order valence-electron chi connectivity index (χ2n) is 4.01. The largest absolute Gasteiger partial charge is 0.497 e. The van der Waals surface area contributed by atoms with Crippen LogP contribution >= 0.6 is 0 Å². The Morgan fingerprint density at radius 1 is 1.11 bits per heavy atom. The van der Waals surface area contributed by atoms with E-state index in [1.165, 1.54) is 0 Å². The summed E-state index contributed by atoms with van der Waals surface area (Å²) in [6.45, 7) is 2.08. The molecule has 2 rings (SSSR count). The Labute approximate surface area is 113 Å². The number of rotatable bonds is 5. The van der Waals surface area contributed by atoms with E-state index in [-0.39, 0.29) is 0 Å². The average Bonchev–Trinajstić information content (AvgIpc) is 2.47. The lowest BCUT2D eigenvalue weighted by Gasteiger charge is -2.13. The lowest BCUT2D eigenvalue weighted by molar-refractivity contribution is 0.415. The van der Waals surface area contributed by atoms with Crippen LogP contribution in [0.1, 0.15) is 12.5 Å². The third-order valence-electron chi connectivity index (χ3n) is 2.89. The molecule has 100 valence electrons. The van der Waals surface area contributed by atoms with Gasteiger partial charge >= 0.3 is 0 Å². The molecule has 1 aromatic heterocycles. The van der Waals surface area contributed by atoms with Gasteiger partial charge in [0.15, 0.2) is 0 Å². The van der Waals surface area contributed by atoms with Crippen LogP contribution in [0.2, 0.25) is 0 Å². The smallest absolute Gasteiger partial charge is 0.139 e. The van der Waals surface area contributed by atoms with Crippen LogP contribution < -0.4 is 15.4 Å². The molecule has 0 aliphatic rings. The molecule has 2 N–H and O–H groups in total. The summed E-state index contributed by atoms with van der Waals surface area (Å²) in [4.78, 5) is 8.52. The van der Waals surface area contributed by atoms with E-state index in [9.17, 15) is 0 Å². The number of methoxy groups -OCH3 is 1. The molecule has 2 aromatic rings. The van der Waals surface area contributed by atoms with Crippen molar-refractivity contribution in [3.05, 3.63) is 36.2 Å². The predicted molar refractivity (Wildman–Crippen MR) is 77.2 cm³/mol. The van der Waals surface area contributed by atoms with Gasteiger partial charge in [0.05, 0.1) is 7.11 Å². The summed E-state index contributed by atoms with van der Waals surface area (Å²) < 4.78 is 5.14. The van der Waals surface area contributed by atoms with Gasteiger partial charge < -0.3 is 15.4 Å². The van der Waals surface area contributed by atoms with Gasteiger partial charge in [-0.25, -0.2) is 9.97 Å². The standard InChI is InChI=1S/C14H18N4O/c1-4-12-13(15-2)16-9-17-14(12)18-10-5-7-11(19-3)8-6-10/h5-9H,4H2,1-3H3,(H2,15,16,17,18). The first kappa shape index (κ1) is 13.1. The van der Waals surface area contributed by atoms with Crippen LogP contribution in [0.25, 0.3) is 0 Å². The Balaban J connectivity index is 2.26. The van der Waals surface area contributed by atoms with Crippen molar-refractivity contribution in [2.24, 2.45) is 0 Å². The molecule has 0 atom stereocenters. The van der Waals surface area contributed by atoms with Crippen LogP contribution in [-0.2, 0) is 6.42 Å². The summed E-state index contributed by atoms with van der Waals surface area (Å²) in [6.07, 6.45) is 2.41. The van der Waals surface area contributed by atoms with Crippen LogP contribution in [0.15, 0.2) is 30.6 Å². The zero-order chi connectivity index (χ0) is 13.7. The highest BCUT2D eigenvalue weighted by atomic mass is 16.5. The highest BCUT2D eigenvalue weighted by molar-refractivity contribution is 5.65. The van der Waals surface area contributed by atoms with Gasteiger partial charge in [-0.3, -0.25) is 0 Å². The molecule has 0 saturated carbocycles. The molecule has 0 fully saturated rings. The fourth-order valence-electron chi connectivity index (χ4n) is 1.88. The van der Waals surface area contributed by atoms with Crippen LogP contribution in [0.4, 0.5) is 17.3 Å². The number of hydrogen-bond acceptors (Lipinski definition) is 5. The quantitative estimate of drug-likeness (QED) is 0.863. The molecule has 5 nitrogen and oxygen atoms in total. The van der Waals surface area contributed by atoms with Crippen molar-refractivity contribution in [1.29, 1.82) is 0 Å². The average molecular weight is 258 g/mol. The van der Waals surface area contributed by atoms with Gasteiger partial charge in [-0.05, 0) is 30.7 Å². The van der Waals surface area contributed by atoms with E-state index >= 15 is 0 Å². The Morgan fingerprint density at radius 3 is 2.37 bits per heavy atom. The summed E-state index contributed by atoms with van der Waals surface area (Å²) in [5.41, 5.74) is 2.04. The van der Waals surface area contributed by atoms with Gasteiger partial charge in [-0.2, -0.15) is 0 Å². The Morgan fingerprint density at radius 2 is 1.79 bits per heavy atom. The number of hydrogen-bond donors (Lipinski definition) is 2. The number of nitrogens with zero attached hydrogens (tertiary/aromatic N) is 2. The van der Waals surface area contributed by atoms with Crippen LogP contribution in [0, 0.1) is 0 Å². The fourth-order valence-corrected chi connectivity index (χ4v) is 1.88. The van der Waals surface area contributed by atoms with Crippen molar-refractivity contribution >= 4 is 17.3 Å². The Hall–Kier alpha value is -2.30. The van der Waals surface area contributed by atoms with Gasteiger partial charge in [-0.15, -0.1) is 0 Å². The second kappa shape index (κ2) is 6.04. The molecule has 0 saturated heterocycles. The van der Waals surface area contributed by atoms with Gasteiger partial charge in [0, 0.05) is 18.3 Å². The van der Waals surface area contributed by atoms with Gasteiger partial charge in [-0.1, -0.05) is 6.92 Å². The molecule has 1 aromatic carbocycles. The molecule has 0 aliphatic carbocycles.